The summed E-state index contributed by atoms with van der Waals surface area (Å²) in [5, 5.41) is 7.71. The van der Waals surface area contributed by atoms with E-state index >= 15 is 0 Å². The first-order valence-corrected chi connectivity index (χ1v) is 33.1. The maximum absolute atomic E-state index is 7.76. The summed E-state index contributed by atoms with van der Waals surface area (Å²) in [6.07, 6.45) is 5.20. The Morgan fingerprint density at radius 3 is 1.09 bits per heavy atom. The lowest BCUT2D eigenvalue weighted by Crippen LogP contribution is -2.44. The minimum absolute atomic E-state index is 0.0702. The van der Waals surface area contributed by atoms with Crippen LogP contribution in [0.25, 0.3) is 99.5 Å². The minimum atomic E-state index is -2.11. The topological polar surface area (TPSA) is 11.6 Å². The summed E-state index contributed by atoms with van der Waals surface area (Å²) in [5.41, 5.74) is 26.7. The van der Waals surface area contributed by atoms with E-state index in [1.807, 2.05) is 53.0 Å². The molecule has 9 aromatic carbocycles. The summed E-state index contributed by atoms with van der Waals surface area (Å²) in [4.78, 5) is 0. The van der Waals surface area contributed by atoms with Crippen LogP contribution < -0.4 is 13.7 Å². The van der Waals surface area contributed by atoms with Crippen LogP contribution in [0.15, 0.2) is 201 Å². The van der Waals surface area contributed by atoms with Crippen molar-refractivity contribution >= 4 is 32.3 Å². The van der Waals surface area contributed by atoms with Crippen molar-refractivity contribution in [2.75, 3.05) is 0 Å². The molecule has 93 heavy (non-hydrogen) atoms. The van der Waals surface area contributed by atoms with Gasteiger partial charge in [0.25, 0.3) is 0 Å². The summed E-state index contributed by atoms with van der Waals surface area (Å²) >= 11 is 0. The number of fused-ring (bicyclic) bond motifs is 14. The van der Waals surface area contributed by atoms with Crippen LogP contribution in [0, 0.1) is 41.3 Å². The molecule has 0 spiro atoms. The van der Waals surface area contributed by atoms with Crippen LogP contribution in [-0.4, -0.2) is 0 Å². The summed E-state index contributed by atoms with van der Waals surface area (Å²) < 4.78 is 75.6. The van der Waals surface area contributed by atoms with Gasteiger partial charge in [-0.15, -0.1) is 0 Å². The lowest BCUT2D eigenvalue weighted by Gasteiger charge is -2.49. The minimum Gasteiger partial charge on any atom is -0.201 e. The molecule has 0 atom stereocenters. The molecular weight excluding hydrogens is 1120 g/mol. The Kier molecular flexibility index (Phi) is 12.6. The van der Waals surface area contributed by atoms with Gasteiger partial charge in [0.15, 0.2) is 18.6 Å². The van der Waals surface area contributed by atoms with Crippen LogP contribution in [0.3, 0.4) is 0 Å². The molecule has 0 saturated carbocycles. The zero-order valence-electron chi connectivity index (χ0n) is 66.9. The third-order valence-corrected chi connectivity index (χ3v) is 23.6. The molecule has 3 aromatic heterocycles. The van der Waals surface area contributed by atoms with Gasteiger partial charge in [0.1, 0.15) is 21.1 Å². The van der Waals surface area contributed by atoms with Crippen molar-refractivity contribution in [2.24, 2.45) is 21.1 Å². The highest BCUT2D eigenvalue weighted by molar-refractivity contribution is 6.02. The molecule has 3 heteroatoms. The molecule has 0 amide bonds. The van der Waals surface area contributed by atoms with Gasteiger partial charge in [-0.2, -0.15) is 0 Å². The van der Waals surface area contributed by atoms with Gasteiger partial charge in [0.05, 0.1) is 0 Å². The van der Waals surface area contributed by atoms with Gasteiger partial charge < -0.3 is 0 Å². The molecule has 0 unspecified atom stereocenters. The van der Waals surface area contributed by atoms with E-state index in [2.05, 4.69) is 249 Å². The Morgan fingerprint density at radius 1 is 0.280 bits per heavy atom. The van der Waals surface area contributed by atoms with Crippen molar-refractivity contribution in [3.63, 3.8) is 0 Å². The van der Waals surface area contributed by atoms with Crippen molar-refractivity contribution in [2.45, 2.75) is 157 Å². The van der Waals surface area contributed by atoms with E-state index in [9.17, 15) is 0 Å². The van der Waals surface area contributed by atoms with E-state index in [0.717, 1.165) is 33.8 Å². The van der Waals surface area contributed by atoms with Gasteiger partial charge >= 0.3 is 0 Å². The van der Waals surface area contributed by atoms with Crippen LogP contribution in [0.5, 0.6) is 0 Å². The first kappa shape index (κ1) is 52.7. The fourth-order valence-electron chi connectivity index (χ4n) is 16.0. The van der Waals surface area contributed by atoms with Crippen LogP contribution in [-0.2, 0) is 53.6 Å². The van der Waals surface area contributed by atoms with Gasteiger partial charge in [0, 0.05) is 69.3 Å². The average Bonchev–Trinajstić information content (AvgIpc) is 0.713. The number of nitrogens with zero attached hydrogens (tertiary/aromatic N) is 3. The number of rotatable bonds is 3. The molecule has 12 aromatic rings. The highest BCUT2D eigenvalue weighted by atomic mass is 14.9. The van der Waals surface area contributed by atoms with Gasteiger partial charge in [-0.25, -0.2) is 13.7 Å². The average molecular weight is 1230 g/mol. The second-order valence-corrected chi connectivity index (χ2v) is 30.3. The highest BCUT2D eigenvalue weighted by Crippen LogP contribution is 2.59. The molecule has 0 saturated heterocycles. The molecule has 0 fully saturated rings. The monoisotopic (exact) mass is 1230 g/mol. The maximum Gasteiger partial charge on any atom is 0.212 e. The van der Waals surface area contributed by atoms with Crippen LogP contribution >= 0.6 is 0 Å². The van der Waals surface area contributed by atoms with E-state index < -0.39 is 20.6 Å². The van der Waals surface area contributed by atoms with Gasteiger partial charge in [-0.05, 0) is 233 Å². The van der Waals surface area contributed by atoms with Crippen LogP contribution in [0.2, 0.25) is 0 Å². The van der Waals surface area contributed by atoms with Crippen LogP contribution in [0.1, 0.15) is 162 Å². The zero-order valence-corrected chi connectivity index (χ0v) is 57.9. The second-order valence-electron chi connectivity index (χ2n) is 30.3. The Morgan fingerprint density at radius 2 is 0.624 bits per heavy atom. The molecule has 3 aliphatic carbocycles. The van der Waals surface area contributed by atoms with E-state index in [-0.39, 0.29) is 32.5 Å². The summed E-state index contributed by atoms with van der Waals surface area (Å²) in [5.74, 6) is 0. The molecule has 3 nitrogen and oxygen atoms in total. The quantitative estimate of drug-likeness (QED) is 0.156. The smallest absolute Gasteiger partial charge is 0.201 e. The molecule has 0 radical (unpaired) electrons. The van der Waals surface area contributed by atoms with Gasteiger partial charge in [-0.3, -0.25) is 0 Å². The molecule has 0 bridgehead atoms. The fourth-order valence-corrected chi connectivity index (χ4v) is 16.0. The van der Waals surface area contributed by atoms with Crippen molar-refractivity contribution in [1.82, 2.24) is 0 Å². The number of hydrogen-bond acceptors (Lipinski definition) is 0. The lowest BCUT2D eigenvalue weighted by atomic mass is 9.54. The normalized spacial score (nSPS) is 17.9. The van der Waals surface area contributed by atoms with Crippen molar-refractivity contribution in [1.29, 1.82) is 0 Å². The highest BCUT2D eigenvalue weighted by Gasteiger charge is 2.50. The first-order valence-electron chi connectivity index (χ1n) is 37.6. The summed E-state index contributed by atoms with van der Waals surface area (Å²) in [6.45, 7) is 28.4. The Balaban J connectivity index is 0.000000137. The van der Waals surface area contributed by atoms with Gasteiger partial charge in [0.2, 0.25) is 17.1 Å². The Labute approximate surface area is 568 Å². The van der Waals surface area contributed by atoms with E-state index in [1.54, 1.807) is 36.8 Å². The molecule has 0 aliphatic heterocycles. The Bertz CT molecular complexity index is 5300. The predicted molar refractivity (Wildman–Crippen MR) is 395 cm³/mol. The number of benzene rings is 9. The van der Waals surface area contributed by atoms with E-state index in [1.165, 1.54) is 116 Å². The first-order chi connectivity index (χ1) is 47.5. The number of pyridine rings is 3. The van der Waals surface area contributed by atoms with E-state index in [4.69, 9.17) is 12.3 Å². The van der Waals surface area contributed by atoms with Crippen LogP contribution in [0.4, 0.5) is 0 Å². The third-order valence-electron chi connectivity index (χ3n) is 23.6. The van der Waals surface area contributed by atoms with Crippen molar-refractivity contribution in [3.8, 4) is 67.2 Å². The van der Waals surface area contributed by atoms with Gasteiger partial charge in [-0.1, -0.05) is 198 Å². The lowest BCUT2D eigenvalue weighted by molar-refractivity contribution is -0.660. The zero-order chi connectivity index (χ0) is 73.9. The SMILES string of the molecule is [2H]C([2H])([2H])c1ccc(-c2cc3c(cc2C)-c2c(ccc4ccccc24)C(C)(C)C3(C)C)[n+](C)c1.[2H]C([2H])([2H])c1ccc(-c2cc3c(cc2C)-c2cc4ccccc4cc2C(C)(C)C3(C)C)[n+](C)c1.[2H]C([2H])([2H])c1ccc(-c2cc3c(cc2C)-c2ccc4ccccc4c2C(C)(C)C3(C)C)[n+](C)c1. The third kappa shape index (κ3) is 9.84. The fraction of sp³-hybridized carbons (Fsp3) is 0.300. The summed E-state index contributed by atoms with van der Waals surface area (Å²) in [7, 11) is 5.79. The summed E-state index contributed by atoms with van der Waals surface area (Å²) in [6, 6.07) is 64.9. The number of hydrogen-bond donors (Lipinski definition) is 0. The largest absolute Gasteiger partial charge is 0.212 e. The molecule has 468 valence electrons. The molecule has 3 heterocycles. The molecule has 15 rings (SSSR count). The van der Waals surface area contributed by atoms with Crippen molar-refractivity contribution in [3.05, 3.63) is 267 Å². The standard InChI is InChI=1S/3C30H32N/c1-19-12-15-27(31(7)18-19)23-17-26-24(16-20(23)2)28-22-11-9-8-10-21(22)13-14-25(28)29(3,4)30(26,5)6;1-19-12-15-27(31(7)18-19)24-17-26-25(16-20(24)2)23-14-13-21-10-8-9-11-22(21)28(23)30(5,6)29(26,3)4;1-19-12-13-28(31(7)18-19)23-17-27-24(14-20(23)2)25-15-21-10-8-9-11-22(21)16-26(25)29(3,4)30(27,5)6/h3*8-18H,1-7H3/q3*+1/i3*1D3. The van der Waals surface area contributed by atoms with E-state index in [0.29, 0.717) is 16.7 Å². The number of aromatic nitrogens is 3. The molecule has 0 N–H and O–H groups in total. The molecular formula is C90H96N3+3. The molecule has 3 aliphatic rings. The predicted octanol–water partition coefficient (Wildman–Crippen LogP) is 21.6. The Hall–Kier alpha value is -8.79. The number of aryl methyl sites for hydroxylation is 9. The second kappa shape index (κ2) is 22.2. The van der Waals surface area contributed by atoms with Crippen molar-refractivity contribution < 1.29 is 26.0 Å². The maximum atomic E-state index is 7.76.